The molecule has 1 fully saturated rings. The molecule has 1 N–H and O–H groups in total. The van der Waals surface area contributed by atoms with Crippen LogP contribution in [0.4, 0.5) is 5.82 Å². The molecule has 3 heterocycles. The molecule has 0 aliphatic carbocycles. The van der Waals surface area contributed by atoms with Crippen LogP contribution >= 0.6 is 0 Å². The van der Waals surface area contributed by atoms with E-state index in [4.69, 9.17) is 4.52 Å². The molecule has 24 heavy (non-hydrogen) atoms. The maximum absolute atomic E-state index is 12.7. The number of unbranched alkanes of at least 4 members (excludes halogenated alkanes) is 1. The summed E-state index contributed by atoms with van der Waals surface area (Å²) in [6, 6.07) is 1.96. The molecule has 2 aromatic rings. The number of hydrogen-bond acceptors (Lipinski definition) is 5. The number of nitrogens with one attached hydrogen (secondary N) is 1. The molecular formula is C17H25N5O2. The monoisotopic (exact) mass is 331 g/mol. The Morgan fingerprint density at radius 1 is 1.46 bits per heavy atom. The summed E-state index contributed by atoms with van der Waals surface area (Å²) in [5.74, 6) is 1.17. The van der Waals surface area contributed by atoms with Crippen molar-refractivity contribution in [2.45, 2.75) is 52.1 Å². The molecule has 0 radical (unpaired) electrons. The zero-order valence-electron chi connectivity index (χ0n) is 14.5. The van der Waals surface area contributed by atoms with Crippen molar-refractivity contribution in [1.29, 1.82) is 0 Å². The van der Waals surface area contributed by atoms with Crippen LogP contribution in [-0.2, 0) is 4.79 Å². The van der Waals surface area contributed by atoms with Crippen LogP contribution in [-0.4, -0.2) is 44.9 Å². The van der Waals surface area contributed by atoms with Crippen LogP contribution in [0, 0.1) is 13.8 Å². The Kier molecular flexibility index (Phi) is 4.99. The summed E-state index contributed by atoms with van der Waals surface area (Å²) >= 11 is 0. The maximum atomic E-state index is 12.7. The number of likely N-dealkylation sites (tertiary alicyclic amines) is 1. The van der Waals surface area contributed by atoms with Crippen LogP contribution in [0.3, 0.4) is 0 Å². The van der Waals surface area contributed by atoms with Gasteiger partial charge in [-0.1, -0.05) is 24.9 Å². The second-order valence-electron chi connectivity index (χ2n) is 6.58. The summed E-state index contributed by atoms with van der Waals surface area (Å²) in [7, 11) is 0. The first-order valence-corrected chi connectivity index (χ1v) is 8.55. The molecule has 0 aromatic carbocycles. The lowest BCUT2D eigenvalue weighted by Crippen LogP contribution is -2.56. The molecule has 1 saturated heterocycles. The highest BCUT2D eigenvalue weighted by atomic mass is 16.5. The van der Waals surface area contributed by atoms with Gasteiger partial charge in [-0.05, 0) is 25.8 Å². The van der Waals surface area contributed by atoms with Gasteiger partial charge in [0.15, 0.2) is 5.82 Å². The van der Waals surface area contributed by atoms with Crippen LogP contribution in [0.2, 0.25) is 0 Å². The number of carbonyl (C=O) groups is 1. The van der Waals surface area contributed by atoms with Crippen molar-refractivity contribution in [3.63, 3.8) is 0 Å². The highest BCUT2D eigenvalue weighted by Crippen LogP contribution is 2.26. The van der Waals surface area contributed by atoms with E-state index in [0.29, 0.717) is 17.6 Å². The van der Waals surface area contributed by atoms with Gasteiger partial charge in [-0.25, -0.2) is 0 Å². The van der Waals surface area contributed by atoms with Crippen molar-refractivity contribution in [3.05, 3.63) is 29.8 Å². The third-order valence-electron chi connectivity index (χ3n) is 4.45. The van der Waals surface area contributed by atoms with Gasteiger partial charge in [-0.15, -0.1) is 0 Å². The number of hydrogen-bond donors (Lipinski definition) is 1. The average Bonchev–Trinajstić information content (AvgIpc) is 3.09. The minimum atomic E-state index is -0.130. The van der Waals surface area contributed by atoms with Gasteiger partial charge in [0.05, 0.1) is 18.3 Å². The van der Waals surface area contributed by atoms with Crippen LogP contribution in [0.25, 0.3) is 0 Å². The molecule has 7 nitrogen and oxygen atoms in total. The summed E-state index contributed by atoms with van der Waals surface area (Å²) in [6.45, 7) is 7.68. The molecule has 1 amide bonds. The standard InChI is InChI=1S/C17H25N5O2/c1-4-5-6-15(17(23)19-16-7-13(3)24-20-16)21-10-14(11-21)22-9-12(2)8-18-22/h7-9,14-15H,4-6,10-11H2,1-3H3,(H,19,20,23)/t15-/m0/s1. The minimum absolute atomic E-state index is 0.00755. The minimum Gasteiger partial charge on any atom is -0.360 e. The average molecular weight is 331 g/mol. The van der Waals surface area contributed by atoms with E-state index in [1.807, 2.05) is 24.7 Å². The number of anilines is 1. The number of carbonyl (C=O) groups excluding carboxylic acids is 1. The van der Waals surface area contributed by atoms with E-state index in [1.165, 1.54) is 0 Å². The molecule has 0 spiro atoms. The Morgan fingerprint density at radius 2 is 2.25 bits per heavy atom. The van der Waals surface area contributed by atoms with Gasteiger partial charge in [-0.2, -0.15) is 5.10 Å². The quantitative estimate of drug-likeness (QED) is 0.844. The van der Waals surface area contributed by atoms with Gasteiger partial charge in [0.2, 0.25) is 5.91 Å². The summed E-state index contributed by atoms with van der Waals surface area (Å²) in [5, 5.41) is 11.1. The van der Waals surface area contributed by atoms with E-state index in [9.17, 15) is 4.79 Å². The molecule has 0 unspecified atom stereocenters. The second-order valence-corrected chi connectivity index (χ2v) is 6.58. The maximum Gasteiger partial charge on any atom is 0.242 e. The van der Waals surface area contributed by atoms with Gasteiger partial charge in [0.1, 0.15) is 5.76 Å². The second kappa shape index (κ2) is 7.17. The van der Waals surface area contributed by atoms with Crippen LogP contribution in [0.5, 0.6) is 0 Å². The van der Waals surface area contributed by atoms with E-state index in [0.717, 1.165) is 37.9 Å². The van der Waals surface area contributed by atoms with Crippen molar-refractivity contribution in [3.8, 4) is 0 Å². The fraction of sp³-hybridized carbons (Fsp3) is 0.588. The first-order chi connectivity index (χ1) is 11.6. The zero-order valence-corrected chi connectivity index (χ0v) is 14.5. The van der Waals surface area contributed by atoms with E-state index in [1.54, 1.807) is 6.07 Å². The van der Waals surface area contributed by atoms with Crippen molar-refractivity contribution >= 4 is 11.7 Å². The topological polar surface area (TPSA) is 76.2 Å². The smallest absolute Gasteiger partial charge is 0.242 e. The summed E-state index contributed by atoms with van der Waals surface area (Å²) in [4.78, 5) is 14.9. The van der Waals surface area contributed by atoms with Crippen molar-refractivity contribution in [1.82, 2.24) is 19.8 Å². The Bertz CT molecular complexity index is 687. The lowest BCUT2D eigenvalue weighted by atomic mass is 10.0. The molecule has 1 aliphatic rings. The zero-order chi connectivity index (χ0) is 17.1. The number of aryl methyl sites for hydroxylation is 2. The van der Waals surface area contributed by atoms with Gasteiger partial charge in [0, 0.05) is 25.4 Å². The highest BCUT2D eigenvalue weighted by Gasteiger charge is 2.37. The molecule has 3 rings (SSSR count). The lowest BCUT2D eigenvalue weighted by Gasteiger charge is -2.43. The molecule has 1 aliphatic heterocycles. The Morgan fingerprint density at radius 3 is 2.83 bits per heavy atom. The predicted molar refractivity (Wildman–Crippen MR) is 90.8 cm³/mol. The first kappa shape index (κ1) is 16.7. The normalized spacial score (nSPS) is 16.8. The Labute approximate surface area is 142 Å². The lowest BCUT2D eigenvalue weighted by molar-refractivity contribution is -0.124. The van der Waals surface area contributed by atoms with E-state index in [2.05, 4.69) is 33.6 Å². The molecule has 2 aromatic heterocycles. The third kappa shape index (κ3) is 3.67. The van der Waals surface area contributed by atoms with Crippen LogP contribution in [0.15, 0.2) is 23.0 Å². The molecule has 0 bridgehead atoms. The predicted octanol–water partition coefficient (Wildman–Crippen LogP) is 2.54. The van der Waals surface area contributed by atoms with E-state index >= 15 is 0 Å². The third-order valence-corrected chi connectivity index (χ3v) is 4.45. The Hall–Kier alpha value is -2.15. The van der Waals surface area contributed by atoms with E-state index < -0.39 is 0 Å². The summed E-state index contributed by atoms with van der Waals surface area (Å²) in [5.41, 5.74) is 1.16. The summed E-state index contributed by atoms with van der Waals surface area (Å²) in [6.07, 6.45) is 6.88. The first-order valence-electron chi connectivity index (χ1n) is 8.55. The number of nitrogens with zero attached hydrogens (tertiary/aromatic N) is 4. The van der Waals surface area contributed by atoms with Gasteiger partial charge < -0.3 is 9.84 Å². The van der Waals surface area contributed by atoms with Gasteiger partial charge in [0.25, 0.3) is 0 Å². The SMILES string of the molecule is CCCC[C@@H](C(=O)Nc1cc(C)on1)N1CC(n2cc(C)cn2)C1. The Balaban J connectivity index is 1.60. The summed E-state index contributed by atoms with van der Waals surface area (Å²) < 4.78 is 7.02. The fourth-order valence-corrected chi connectivity index (χ4v) is 3.05. The number of rotatable bonds is 7. The van der Waals surface area contributed by atoms with Crippen molar-refractivity contribution < 1.29 is 9.32 Å². The fourth-order valence-electron chi connectivity index (χ4n) is 3.05. The number of amides is 1. The van der Waals surface area contributed by atoms with Crippen molar-refractivity contribution in [2.24, 2.45) is 0 Å². The molecule has 1 atom stereocenters. The molecule has 7 heteroatoms. The van der Waals surface area contributed by atoms with Gasteiger partial charge >= 0.3 is 0 Å². The largest absolute Gasteiger partial charge is 0.360 e. The van der Waals surface area contributed by atoms with Crippen LogP contribution < -0.4 is 5.32 Å². The van der Waals surface area contributed by atoms with Crippen molar-refractivity contribution in [2.75, 3.05) is 18.4 Å². The van der Waals surface area contributed by atoms with E-state index in [-0.39, 0.29) is 11.9 Å². The molecule has 0 saturated carbocycles. The molecular weight excluding hydrogens is 306 g/mol. The highest BCUT2D eigenvalue weighted by molar-refractivity contribution is 5.94. The van der Waals surface area contributed by atoms with Crippen LogP contribution in [0.1, 0.15) is 43.6 Å². The number of aromatic nitrogens is 3. The molecule has 130 valence electrons. The van der Waals surface area contributed by atoms with Gasteiger partial charge in [-0.3, -0.25) is 14.4 Å².